The lowest BCUT2D eigenvalue weighted by molar-refractivity contribution is -0.126. The van der Waals surface area contributed by atoms with Gasteiger partial charge in [0.25, 0.3) is 0 Å². The molecular formula is C22H28Cl2N2O3. The monoisotopic (exact) mass is 438 g/mol. The van der Waals surface area contributed by atoms with E-state index in [9.17, 15) is 9.59 Å². The van der Waals surface area contributed by atoms with Crippen molar-refractivity contribution in [3.05, 3.63) is 33.8 Å². The number of amides is 2. The molecule has 0 heterocycles. The van der Waals surface area contributed by atoms with Crippen LogP contribution in [0.25, 0.3) is 0 Å². The van der Waals surface area contributed by atoms with Gasteiger partial charge in [-0.05, 0) is 71.6 Å². The van der Waals surface area contributed by atoms with E-state index in [0.717, 1.165) is 31.2 Å². The molecule has 1 saturated carbocycles. The zero-order valence-electron chi connectivity index (χ0n) is 17.3. The average Bonchev–Trinajstić information content (AvgIpc) is 2.61. The van der Waals surface area contributed by atoms with Gasteiger partial charge in [-0.3, -0.25) is 4.79 Å². The Balaban J connectivity index is 1.78. The third-order valence-electron chi connectivity index (χ3n) is 4.53. The number of halogens is 2. The van der Waals surface area contributed by atoms with Crippen molar-refractivity contribution >= 4 is 35.2 Å². The number of nitrogens with one attached hydrogen (secondary N) is 2. The summed E-state index contributed by atoms with van der Waals surface area (Å²) in [6.45, 7) is 7.34. The van der Waals surface area contributed by atoms with Crippen molar-refractivity contribution < 1.29 is 14.3 Å². The normalized spacial score (nSPS) is 20.1. The van der Waals surface area contributed by atoms with Crippen molar-refractivity contribution in [1.29, 1.82) is 0 Å². The summed E-state index contributed by atoms with van der Waals surface area (Å²) in [5.41, 5.74) is 0.226. The highest BCUT2D eigenvalue weighted by Gasteiger charge is 2.28. The quantitative estimate of drug-likeness (QED) is 0.656. The van der Waals surface area contributed by atoms with Crippen LogP contribution in [0.15, 0.2) is 18.2 Å². The lowest BCUT2D eigenvalue weighted by atomic mass is 9.85. The molecular weight excluding hydrogens is 411 g/mol. The predicted octanol–water partition coefficient (Wildman–Crippen LogP) is 4.93. The molecule has 1 aromatic carbocycles. The molecule has 1 aromatic rings. The predicted molar refractivity (Wildman–Crippen MR) is 116 cm³/mol. The van der Waals surface area contributed by atoms with Crippen LogP contribution in [-0.4, -0.2) is 29.7 Å². The summed E-state index contributed by atoms with van der Waals surface area (Å²) in [6, 6.07) is 4.94. The highest BCUT2D eigenvalue weighted by molar-refractivity contribution is 6.42. The summed E-state index contributed by atoms with van der Waals surface area (Å²) in [4.78, 5) is 24.4. The van der Waals surface area contributed by atoms with Gasteiger partial charge in [-0.2, -0.15) is 0 Å². The summed E-state index contributed by atoms with van der Waals surface area (Å²) in [5.74, 6) is 5.94. The van der Waals surface area contributed by atoms with Gasteiger partial charge in [0.05, 0.1) is 16.1 Å². The minimum absolute atomic E-state index is 0.00310. The smallest absolute Gasteiger partial charge is 0.407 e. The number of benzene rings is 1. The molecule has 0 spiro atoms. The number of carbonyl (C=O) groups excluding carboxylic acids is 2. The number of carbonyl (C=O) groups is 2. The molecule has 0 aromatic heterocycles. The van der Waals surface area contributed by atoms with Crippen molar-refractivity contribution in [2.75, 3.05) is 0 Å². The van der Waals surface area contributed by atoms with Crippen LogP contribution in [-0.2, 0) is 9.53 Å². The second-order valence-electron chi connectivity index (χ2n) is 8.32. The maximum atomic E-state index is 12.5. The molecule has 0 aliphatic heterocycles. The Bertz CT molecular complexity index is 801. The molecule has 2 rings (SSSR count). The van der Waals surface area contributed by atoms with E-state index in [1.165, 1.54) is 0 Å². The third kappa shape index (κ3) is 8.16. The number of ether oxygens (including phenoxy) is 1. The van der Waals surface area contributed by atoms with Gasteiger partial charge in [-0.1, -0.05) is 35.0 Å². The first-order valence-electron chi connectivity index (χ1n) is 9.80. The second-order valence-corrected chi connectivity index (χ2v) is 9.14. The van der Waals surface area contributed by atoms with E-state index in [1.54, 1.807) is 18.2 Å². The van der Waals surface area contributed by atoms with E-state index in [-0.39, 0.29) is 23.9 Å². The Morgan fingerprint density at radius 3 is 2.38 bits per heavy atom. The van der Waals surface area contributed by atoms with Gasteiger partial charge < -0.3 is 15.4 Å². The van der Waals surface area contributed by atoms with Gasteiger partial charge in [0.2, 0.25) is 5.91 Å². The molecule has 158 valence electrons. The van der Waals surface area contributed by atoms with Crippen molar-refractivity contribution in [1.82, 2.24) is 10.6 Å². The van der Waals surface area contributed by atoms with Crippen LogP contribution in [0.3, 0.4) is 0 Å². The van der Waals surface area contributed by atoms with Crippen LogP contribution in [0.2, 0.25) is 10.0 Å². The van der Waals surface area contributed by atoms with Crippen molar-refractivity contribution in [2.45, 2.75) is 71.1 Å². The zero-order valence-corrected chi connectivity index (χ0v) is 18.8. The summed E-state index contributed by atoms with van der Waals surface area (Å²) < 4.78 is 5.28. The highest BCUT2D eigenvalue weighted by Crippen LogP contribution is 2.25. The molecule has 1 atom stereocenters. The Kier molecular flexibility index (Phi) is 8.24. The molecule has 1 fully saturated rings. The molecule has 1 aliphatic rings. The molecule has 2 N–H and O–H groups in total. The minimum atomic E-state index is -0.518. The number of rotatable bonds is 3. The van der Waals surface area contributed by atoms with Crippen LogP contribution in [0.1, 0.15) is 58.9 Å². The van der Waals surface area contributed by atoms with Crippen molar-refractivity contribution in [3.8, 4) is 11.8 Å². The Morgan fingerprint density at radius 1 is 1.14 bits per heavy atom. The number of hydrogen-bond donors (Lipinski definition) is 2. The Labute approximate surface area is 182 Å². The van der Waals surface area contributed by atoms with Crippen molar-refractivity contribution in [3.63, 3.8) is 0 Å². The lowest BCUT2D eigenvalue weighted by Crippen LogP contribution is -2.43. The van der Waals surface area contributed by atoms with E-state index < -0.39 is 11.7 Å². The van der Waals surface area contributed by atoms with E-state index in [0.29, 0.717) is 10.0 Å². The van der Waals surface area contributed by atoms with Gasteiger partial charge in [0.1, 0.15) is 5.60 Å². The number of hydrogen-bond acceptors (Lipinski definition) is 3. The molecule has 1 unspecified atom stereocenters. The summed E-state index contributed by atoms with van der Waals surface area (Å²) >= 11 is 11.9. The molecule has 0 radical (unpaired) electrons. The fraction of sp³-hybridized carbons (Fsp3) is 0.545. The van der Waals surface area contributed by atoms with Gasteiger partial charge in [0.15, 0.2) is 0 Å². The lowest BCUT2D eigenvalue weighted by Gasteiger charge is -2.29. The van der Waals surface area contributed by atoms with Gasteiger partial charge in [0, 0.05) is 17.5 Å². The molecule has 2 amide bonds. The minimum Gasteiger partial charge on any atom is -0.444 e. The largest absolute Gasteiger partial charge is 0.444 e. The van der Waals surface area contributed by atoms with Gasteiger partial charge >= 0.3 is 6.09 Å². The fourth-order valence-electron chi connectivity index (χ4n) is 3.11. The zero-order chi connectivity index (χ0) is 21.6. The molecule has 5 nitrogen and oxygen atoms in total. The Morgan fingerprint density at radius 2 is 1.79 bits per heavy atom. The fourth-order valence-corrected chi connectivity index (χ4v) is 3.41. The average molecular weight is 439 g/mol. The summed E-state index contributed by atoms with van der Waals surface area (Å²) in [7, 11) is 0. The van der Waals surface area contributed by atoms with Crippen LogP contribution in [0.4, 0.5) is 4.79 Å². The summed E-state index contributed by atoms with van der Waals surface area (Å²) in [6.07, 6.45) is 2.54. The van der Waals surface area contributed by atoms with Gasteiger partial charge in [-0.15, -0.1) is 0 Å². The third-order valence-corrected chi connectivity index (χ3v) is 5.27. The first-order chi connectivity index (χ1) is 13.5. The van der Waals surface area contributed by atoms with Gasteiger partial charge in [-0.25, -0.2) is 4.79 Å². The molecule has 29 heavy (non-hydrogen) atoms. The maximum Gasteiger partial charge on any atom is 0.407 e. The SMILES string of the molecule is CC(C#Cc1ccc(Cl)c(Cl)c1)NC(=O)[C@H]1CC[C@H](NC(=O)OC(C)(C)C)CC1. The van der Waals surface area contributed by atoms with E-state index in [2.05, 4.69) is 22.5 Å². The van der Waals surface area contributed by atoms with Crippen LogP contribution in [0.5, 0.6) is 0 Å². The van der Waals surface area contributed by atoms with Crippen molar-refractivity contribution in [2.24, 2.45) is 5.92 Å². The van der Waals surface area contributed by atoms with Crippen LogP contribution in [0, 0.1) is 17.8 Å². The first-order valence-corrected chi connectivity index (χ1v) is 10.6. The maximum absolute atomic E-state index is 12.5. The molecule has 7 heteroatoms. The van der Waals surface area contributed by atoms with E-state index in [4.69, 9.17) is 27.9 Å². The standard InChI is InChI=1S/C22H28Cl2N2O3/c1-14(5-6-15-7-12-18(23)19(24)13-15)25-20(27)16-8-10-17(11-9-16)26-21(28)29-22(2,3)4/h7,12-14,16-17H,8-11H2,1-4H3,(H,25,27)(H,26,28)/t14?,16-,17-. The van der Waals surface area contributed by atoms with Crippen LogP contribution >= 0.6 is 23.2 Å². The molecule has 0 saturated heterocycles. The molecule has 0 bridgehead atoms. The summed E-state index contributed by atoms with van der Waals surface area (Å²) in [5, 5.41) is 6.77. The number of alkyl carbamates (subject to hydrolysis) is 1. The first kappa shape index (κ1) is 23.4. The molecule has 1 aliphatic carbocycles. The van der Waals surface area contributed by atoms with E-state index in [1.807, 2.05) is 27.7 Å². The highest BCUT2D eigenvalue weighted by atomic mass is 35.5. The second kappa shape index (κ2) is 10.2. The van der Waals surface area contributed by atoms with Crippen LogP contribution < -0.4 is 10.6 Å². The Hall–Kier alpha value is -1.90. The van der Waals surface area contributed by atoms with E-state index >= 15 is 0 Å². The topological polar surface area (TPSA) is 67.4 Å².